The molecule has 1 aliphatic heterocycles. The van der Waals surface area contributed by atoms with E-state index < -0.39 is 11.7 Å². The zero-order valence-electron chi connectivity index (χ0n) is 20.1. The van der Waals surface area contributed by atoms with Crippen LogP contribution < -0.4 is 10.2 Å². The van der Waals surface area contributed by atoms with Crippen LogP contribution in [0.5, 0.6) is 0 Å². The number of alkyl halides is 3. The number of piperazine rings is 1. The molecule has 1 N–H and O–H groups in total. The first kappa shape index (κ1) is 27.3. The van der Waals surface area contributed by atoms with E-state index in [2.05, 4.69) is 15.1 Å². The number of hydrogen-bond acceptors (Lipinski definition) is 4. The predicted octanol–water partition coefficient (Wildman–Crippen LogP) is 7.21. The van der Waals surface area contributed by atoms with Gasteiger partial charge in [0.25, 0.3) is 0 Å². The summed E-state index contributed by atoms with van der Waals surface area (Å²) in [6.07, 6.45) is -0.847. The van der Waals surface area contributed by atoms with Crippen molar-refractivity contribution in [1.82, 2.24) is 4.90 Å². The fourth-order valence-electron chi connectivity index (χ4n) is 4.80. The van der Waals surface area contributed by atoms with Gasteiger partial charge < -0.3 is 19.9 Å². The number of thiocarbonyl (C=S) groups is 1. The highest BCUT2D eigenvalue weighted by Gasteiger charge is 2.33. The molecule has 1 heterocycles. The van der Waals surface area contributed by atoms with Crippen LogP contribution in [0.3, 0.4) is 0 Å². The third-order valence-electron chi connectivity index (χ3n) is 6.93. The van der Waals surface area contributed by atoms with Crippen LogP contribution >= 0.6 is 35.4 Å². The molecule has 1 saturated carbocycles. The number of nitrogens with one attached hydrogen (secondary N) is 1. The molecule has 0 atom stereocenters. The monoisotopic (exact) mass is 559 g/mol. The number of hydrogen-bond donors (Lipinski definition) is 1. The van der Waals surface area contributed by atoms with Crippen molar-refractivity contribution < 1.29 is 17.9 Å². The van der Waals surface area contributed by atoms with Crippen LogP contribution in [0.4, 0.5) is 24.5 Å². The maximum Gasteiger partial charge on any atom is 0.416 e. The summed E-state index contributed by atoms with van der Waals surface area (Å²) < 4.78 is 45.7. The second-order valence-electron chi connectivity index (χ2n) is 9.42. The molecular weight excluding hydrogens is 530 g/mol. The lowest BCUT2D eigenvalue weighted by atomic mass is 9.92. The summed E-state index contributed by atoms with van der Waals surface area (Å²) in [6.45, 7) is 5.20. The van der Waals surface area contributed by atoms with Gasteiger partial charge in [-0.1, -0.05) is 41.5 Å². The molecule has 0 radical (unpaired) electrons. The molecule has 4 nitrogen and oxygen atoms in total. The number of nitrogens with zero attached hydrogens (tertiary/aromatic N) is 2. The fraction of sp³-hybridized carbons (Fsp3) is 0.500. The third-order valence-corrected chi connectivity index (χ3v) is 8.05. The summed E-state index contributed by atoms with van der Waals surface area (Å²) in [4.78, 5) is 5.26. The van der Waals surface area contributed by atoms with Crippen LogP contribution in [-0.2, 0) is 10.9 Å². The van der Waals surface area contributed by atoms with Crippen LogP contribution in [0.2, 0.25) is 10.0 Å². The van der Waals surface area contributed by atoms with Gasteiger partial charge in [-0.25, -0.2) is 0 Å². The largest absolute Gasteiger partial charge is 0.416 e. The fourth-order valence-corrected chi connectivity index (χ4v) is 5.35. The number of anilines is 2. The van der Waals surface area contributed by atoms with Crippen molar-refractivity contribution in [3.05, 3.63) is 57.6 Å². The van der Waals surface area contributed by atoms with E-state index in [9.17, 15) is 13.2 Å². The van der Waals surface area contributed by atoms with E-state index in [4.69, 9.17) is 40.2 Å². The van der Waals surface area contributed by atoms with Crippen LogP contribution in [0.1, 0.15) is 36.8 Å². The number of rotatable bonds is 6. The molecule has 0 spiro atoms. The molecule has 2 aromatic rings. The minimum Gasteiger partial charge on any atom is -0.382 e. The Kier molecular flexibility index (Phi) is 8.92. The van der Waals surface area contributed by atoms with Gasteiger partial charge in [-0.05, 0) is 68.5 Å². The Bertz CT molecular complexity index is 1070. The quantitative estimate of drug-likeness (QED) is 0.377. The zero-order chi connectivity index (χ0) is 25.9. The summed E-state index contributed by atoms with van der Waals surface area (Å²) in [7, 11) is 0. The van der Waals surface area contributed by atoms with Crippen molar-refractivity contribution in [2.24, 2.45) is 0 Å². The van der Waals surface area contributed by atoms with Crippen LogP contribution in [0.25, 0.3) is 0 Å². The standard InChI is InChI=1S/C26H30Cl2F3N3OS/c1-17-2-3-19(14-22(17)26(29,30)31)32-18-4-7-21(8-5-18)35-16-25(36)34-12-10-33(11-13-34)20-6-9-23(27)24(28)15-20/h2-3,6,9,14-15,18,21,32H,4-5,7-8,10-13,16H2,1H3. The predicted molar refractivity (Wildman–Crippen MR) is 145 cm³/mol. The van der Waals surface area contributed by atoms with E-state index in [1.165, 1.54) is 19.1 Å². The Hall–Kier alpha value is -1.74. The summed E-state index contributed by atoms with van der Waals surface area (Å²) in [6, 6.07) is 10.3. The molecule has 2 fully saturated rings. The van der Waals surface area contributed by atoms with Gasteiger partial charge in [0.05, 0.1) is 28.3 Å². The molecule has 196 valence electrons. The van der Waals surface area contributed by atoms with E-state index in [1.807, 2.05) is 18.2 Å². The van der Waals surface area contributed by atoms with Crippen molar-refractivity contribution in [3.63, 3.8) is 0 Å². The highest BCUT2D eigenvalue weighted by Crippen LogP contribution is 2.34. The number of ether oxygens (including phenoxy) is 1. The Morgan fingerprint density at radius 1 is 1.00 bits per heavy atom. The first-order chi connectivity index (χ1) is 17.1. The molecule has 0 unspecified atom stereocenters. The minimum atomic E-state index is -4.35. The van der Waals surface area contributed by atoms with Crippen LogP contribution in [0.15, 0.2) is 36.4 Å². The van der Waals surface area contributed by atoms with Crippen molar-refractivity contribution >= 4 is 51.8 Å². The molecule has 2 aromatic carbocycles. The maximum atomic E-state index is 13.2. The minimum absolute atomic E-state index is 0.113. The van der Waals surface area contributed by atoms with Crippen molar-refractivity contribution in [3.8, 4) is 0 Å². The zero-order valence-corrected chi connectivity index (χ0v) is 22.4. The lowest BCUT2D eigenvalue weighted by Gasteiger charge is -2.38. The van der Waals surface area contributed by atoms with Crippen LogP contribution in [-0.4, -0.2) is 54.8 Å². The molecule has 0 aromatic heterocycles. The normalized spacial score (nSPS) is 20.9. The maximum absolute atomic E-state index is 13.2. The first-order valence-corrected chi connectivity index (χ1v) is 13.3. The molecule has 2 aliphatic rings. The SMILES string of the molecule is Cc1ccc(NC2CCC(OCC(=S)N3CCN(c4ccc(Cl)c(Cl)c4)CC3)CC2)cc1C(F)(F)F. The first-order valence-electron chi connectivity index (χ1n) is 12.1. The summed E-state index contributed by atoms with van der Waals surface area (Å²) in [5, 5.41) is 4.37. The topological polar surface area (TPSA) is 27.7 Å². The average molecular weight is 561 g/mol. The van der Waals surface area contributed by atoms with E-state index in [-0.39, 0.29) is 17.7 Å². The lowest BCUT2D eigenvalue weighted by molar-refractivity contribution is -0.138. The second-order valence-corrected chi connectivity index (χ2v) is 10.7. The Morgan fingerprint density at radius 2 is 1.69 bits per heavy atom. The van der Waals surface area contributed by atoms with Gasteiger partial charge in [-0.3, -0.25) is 0 Å². The van der Waals surface area contributed by atoms with Crippen molar-refractivity contribution in [1.29, 1.82) is 0 Å². The molecule has 10 heteroatoms. The van der Waals surface area contributed by atoms with Gasteiger partial charge in [0.1, 0.15) is 4.99 Å². The smallest absolute Gasteiger partial charge is 0.382 e. The second kappa shape index (κ2) is 11.8. The molecule has 1 aliphatic carbocycles. The number of halogens is 5. The number of benzene rings is 2. The van der Waals surface area contributed by atoms with Crippen molar-refractivity contribution in [2.75, 3.05) is 43.0 Å². The molecule has 4 rings (SSSR count). The summed E-state index contributed by atoms with van der Waals surface area (Å²) >= 11 is 17.8. The van der Waals surface area contributed by atoms with E-state index in [0.717, 1.165) is 62.5 Å². The molecule has 0 amide bonds. The van der Waals surface area contributed by atoms with Gasteiger partial charge in [-0.2, -0.15) is 13.2 Å². The Morgan fingerprint density at radius 3 is 2.33 bits per heavy atom. The van der Waals surface area contributed by atoms with Gasteiger partial charge in [-0.15, -0.1) is 0 Å². The summed E-state index contributed by atoms with van der Waals surface area (Å²) in [5.41, 5.74) is 1.21. The molecular formula is C26H30Cl2F3N3OS. The average Bonchev–Trinajstić information content (AvgIpc) is 2.85. The molecule has 0 bridgehead atoms. The Balaban J connectivity index is 1.18. The molecule has 36 heavy (non-hydrogen) atoms. The highest BCUT2D eigenvalue weighted by atomic mass is 35.5. The van der Waals surface area contributed by atoms with E-state index in [0.29, 0.717) is 22.3 Å². The Labute approximate surface area is 225 Å². The van der Waals surface area contributed by atoms with Gasteiger partial charge >= 0.3 is 6.18 Å². The van der Waals surface area contributed by atoms with Crippen LogP contribution in [0, 0.1) is 6.92 Å². The van der Waals surface area contributed by atoms with Crippen molar-refractivity contribution in [2.45, 2.75) is 50.9 Å². The van der Waals surface area contributed by atoms with E-state index >= 15 is 0 Å². The van der Waals surface area contributed by atoms with Gasteiger partial charge in [0.15, 0.2) is 0 Å². The number of aryl methyl sites for hydroxylation is 1. The summed E-state index contributed by atoms with van der Waals surface area (Å²) in [5.74, 6) is 0. The lowest BCUT2D eigenvalue weighted by Crippen LogP contribution is -2.49. The highest BCUT2D eigenvalue weighted by molar-refractivity contribution is 7.80. The molecule has 1 saturated heterocycles. The third kappa shape index (κ3) is 6.97. The van der Waals surface area contributed by atoms with E-state index in [1.54, 1.807) is 6.07 Å². The van der Waals surface area contributed by atoms with Gasteiger partial charge in [0.2, 0.25) is 0 Å². The van der Waals surface area contributed by atoms with Gasteiger partial charge in [0, 0.05) is 43.6 Å².